The second-order valence-electron chi connectivity index (χ2n) is 10.4. The van der Waals surface area contributed by atoms with Gasteiger partial charge in [0.25, 0.3) is 0 Å². The van der Waals surface area contributed by atoms with E-state index in [-0.39, 0.29) is 6.10 Å². The summed E-state index contributed by atoms with van der Waals surface area (Å²) in [4.78, 5) is 4.75. The van der Waals surface area contributed by atoms with Gasteiger partial charge in [0.15, 0.2) is 0 Å². The molecule has 4 rings (SSSR count). The minimum Gasteiger partial charge on any atom is -0.495 e. The second-order valence-corrected chi connectivity index (χ2v) is 10.4. The highest BCUT2D eigenvalue weighted by Gasteiger charge is 2.61. The zero-order valence-electron chi connectivity index (χ0n) is 19.3. The summed E-state index contributed by atoms with van der Waals surface area (Å²) in [6.45, 7) is 12.5. The summed E-state index contributed by atoms with van der Waals surface area (Å²) in [5.41, 5.74) is 1.85. The lowest BCUT2D eigenvalue weighted by atomic mass is 9.70. The summed E-state index contributed by atoms with van der Waals surface area (Å²) in [5.74, 6) is 1.73. The van der Waals surface area contributed by atoms with Crippen molar-refractivity contribution in [3.8, 4) is 5.75 Å². The Balaban J connectivity index is 1.18. The van der Waals surface area contributed by atoms with E-state index in [0.717, 1.165) is 56.5 Å². The number of anilines is 1. The zero-order chi connectivity index (χ0) is 21.4. The van der Waals surface area contributed by atoms with Crippen molar-refractivity contribution in [1.82, 2.24) is 4.90 Å². The topological polar surface area (TPSA) is 45.2 Å². The molecule has 0 radical (unpaired) electrons. The number of hydrogen-bond donors (Lipinski definition) is 1. The smallest absolute Gasteiger partial charge is 0.142 e. The number of aliphatic hydroxyl groups excluding tert-OH is 1. The normalized spacial score (nSPS) is 31.8. The third-order valence-electron chi connectivity index (χ3n) is 8.75. The van der Waals surface area contributed by atoms with Crippen molar-refractivity contribution >= 4 is 5.69 Å². The van der Waals surface area contributed by atoms with Crippen LogP contribution in [0.5, 0.6) is 5.75 Å². The fourth-order valence-corrected chi connectivity index (χ4v) is 6.18. The standard InChI is InChI=1S/C25H40N2O3/c1-24(2)19-9-11-25(24,3)23(17-19)30-16-10-20(28)18-26-12-14-27(15-13-26)21-7-5-6-8-22(21)29-4/h5-8,19-20,23,28H,9-18H2,1-4H3/t19-,20-,23-,25-/m1/s1. The van der Waals surface area contributed by atoms with Gasteiger partial charge in [-0.05, 0) is 54.6 Å². The van der Waals surface area contributed by atoms with Crippen LogP contribution in [0.15, 0.2) is 24.3 Å². The Morgan fingerprint density at radius 2 is 1.87 bits per heavy atom. The van der Waals surface area contributed by atoms with Crippen LogP contribution < -0.4 is 9.64 Å². The molecule has 2 bridgehead atoms. The van der Waals surface area contributed by atoms with Gasteiger partial charge in [0.1, 0.15) is 5.75 Å². The summed E-state index contributed by atoms with van der Waals surface area (Å²) in [6, 6.07) is 8.21. The van der Waals surface area contributed by atoms with Gasteiger partial charge >= 0.3 is 0 Å². The molecule has 1 aromatic carbocycles. The lowest BCUT2D eigenvalue weighted by Crippen LogP contribution is -2.48. The molecule has 30 heavy (non-hydrogen) atoms. The van der Waals surface area contributed by atoms with Crippen LogP contribution in [0.4, 0.5) is 5.69 Å². The molecule has 2 aliphatic carbocycles. The van der Waals surface area contributed by atoms with Crippen LogP contribution in [0.2, 0.25) is 0 Å². The number of piperazine rings is 1. The Labute approximate surface area is 182 Å². The number of rotatable bonds is 8. The van der Waals surface area contributed by atoms with Crippen molar-refractivity contribution in [2.45, 2.75) is 58.7 Å². The van der Waals surface area contributed by atoms with Crippen molar-refractivity contribution in [1.29, 1.82) is 0 Å². The first kappa shape index (κ1) is 21.9. The molecule has 2 saturated carbocycles. The molecule has 5 heteroatoms. The SMILES string of the molecule is COc1ccccc1N1CCN(C[C@H](O)CCO[C@@H]2C[C@H]3CC[C@@]2(C)C3(C)C)CC1. The van der Waals surface area contributed by atoms with Crippen LogP contribution in [0.1, 0.15) is 46.5 Å². The molecule has 1 aromatic rings. The number of hydrogen-bond acceptors (Lipinski definition) is 5. The maximum Gasteiger partial charge on any atom is 0.142 e. The third-order valence-corrected chi connectivity index (χ3v) is 8.75. The van der Waals surface area contributed by atoms with Crippen molar-refractivity contribution in [3.63, 3.8) is 0 Å². The van der Waals surface area contributed by atoms with Gasteiger partial charge in [-0.15, -0.1) is 0 Å². The van der Waals surface area contributed by atoms with Crippen molar-refractivity contribution in [2.75, 3.05) is 51.3 Å². The van der Waals surface area contributed by atoms with Gasteiger partial charge in [-0.1, -0.05) is 32.9 Å². The van der Waals surface area contributed by atoms with E-state index in [4.69, 9.17) is 9.47 Å². The molecule has 3 aliphatic rings. The van der Waals surface area contributed by atoms with Crippen molar-refractivity contribution in [2.24, 2.45) is 16.7 Å². The Bertz CT molecular complexity index is 716. The van der Waals surface area contributed by atoms with Crippen molar-refractivity contribution in [3.05, 3.63) is 24.3 Å². The summed E-state index contributed by atoms with van der Waals surface area (Å²) in [7, 11) is 1.73. The molecule has 1 heterocycles. The van der Waals surface area contributed by atoms with E-state index in [1.807, 2.05) is 12.1 Å². The van der Waals surface area contributed by atoms with Gasteiger partial charge in [0.2, 0.25) is 0 Å². The van der Waals surface area contributed by atoms with Gasteiger partial charge in [-0.3, -0.25) is 4.90 Å². The molecule has 3 fully saturated rings. The largest absolute Gasteiger partial charge is 0.495 e. The molecule has 0 unspecified atom stereocenters. The predicted molar refractivity (Wildman–Crippen MR) is 121 cm³/mol. The number of para-hydroxylation sites is 2. The first-order valence-electron chi connectivity index (χ1n) is 11.7. The van der Waals surface area contributed by atoms with E-state index in [1.165, 1.54) is 19.3 Å². The summed E-state index contributed by atoms with van der Waals surface area (Å²) in [6.07, 6.45) is 4.61. The maximum absolute atomic E-state index is 10.6. The maximum atomic E-state index is 10.6. The molecule has 0 aromatic heterocycles. The summed E-state index contributed by atoms with van der Waals surface area (Å²) < 4.78 is 11.8. The van der Waals surface area contributed by atoms with E-state index in [1.54, 1.807) is 7.11 Å². The minimum atomic E-state index is -0.317. The highest BCUT2D eigenvalue weighted by atomic mass is 16.5. The Morgan fingerprint density at radius 1 is 1.13 bits per heavy atom. The van der Waals surface area contributed by atoms with E-state index in [9.17, 15) is 5.11 Å². The molecule has 0 amide bonds. The fraction of sp³-hybridized carbons (Fsp3) is 0.760. The molecule has 4 atom stereocenters. The average Bonchev–Trinajstić information content (AvgIpc) is 3.08. The average molecular weight is 417 g/mol. The molecule has 1 N–H and O–H groups in total. The third kappa shape index (κ3) is 3.96. The summed E-state index contributed by atoms with van der Waals surface area (Å²) >= 11 is 0. The van der Waals surface area contributed by atoms with E-state index in [2.05, 4.69) is 42.7 Å². The van der Waals surface area contributed by atoms with Gasteiger partial charge in [0, 0.05) is 39.3 Å². The number of β-amino-alcohol motifs (C(OH)–C–C–N with tert-alkyl or cyclic N) is 1. The van der Waals surface area contributed by atoms with Gasteiger partial charge < -0.3 is 19.5 Å². The molecule has 1 saturated heterocycles. The van der Waals surface area contributed by atoms with E-state index in [0.29, 0.717) is 23.5 Å². The van der Waals surface area contributed by atoms with Crippen molar-refractivity contribution < 1.29 is 14.6 Å². The highest BCUT2D eigenvalue weighted by Crippen LogP contribution is 2.66. The van der Waals surface area contributed by atoms with E-state index < -0.39 is 0 Å². The van der Waals surface area contributed by atoms with Gasteiger partial charge in [0.05, 0.1) is 25.0 Å². The zero-order valence-corrected chi connectivity index (χ0v) is 19.3. The minimum absolute atomic E-state index is 0.303. The van der Waals surface area contributed by atoms with Crippen LogP contribution in [0.3, 0.4) is 0 Å². The molecular formula is C25H40N2O3. The van der Waals surface area contributed by atoms with Crippen LogP contribution >= 0.6 is 0 Å². The monoisotopic (exact) mass is 416 g/mol. The first-order chi connectivity index (χ1) is 14.3. The molecule has 0 spiro atoms. The number of methoxy groups -OCH3 is 1. The number of ether oxygens (including phenoxy) is 2. The number of aliphatic hydroxyl groups is 1. The quantitative estimate of drug-likeness (QED) is 0.698. The predicted octanol–water partition coefficient (Wildman–Crippen LogP) is 3.80. The summed E-state index contributed by atoms with van der Waals surface area (Å²) in [5, 5.41) is 10.6. The Morgan fingerprint density at radius 3 is 2.50 bits per heavy atom. The Kier molecular flexibility index (Phi) is 6.34. The Hall–Kier alpha value is -1.30. The first-order valence-corrected chi connectivity index (χ1v) is 11.7. The van der Waals surface area contributed by atoms with Crippen LogP contribution in [0, 0.1) is 16.7 Å². The molecule has 168 valence electrons. The molecule has 5 nitrogen and oxygen atoms in total. The number of nitrogens with zero attached hydrogens (tertiary/aromatic N) is 2. The van der Waals surface area contributed by atoms with Crippen LogP contribution in [-0.4, -0.2) is 68.7 Å². The fourth-order valence-electron chi connectivity index (χ4n) is 6.18. The molecular weight excluding hydrogens is 376 g/mol. The van der Waals surface area contributed by atoms with Gasteiger partial charge in [-0.2, -0.15) is 0 Å². The molecule has 1 aliphatic heterocycles. The number of fused-ring (bicyclic) bond motifs is 2. The lowest BCUT2D eigenvalue weighted by Gasteiger charge is -2.39. The van der Waals surface area contributed by atoms with Crippen LogP contribution in [0.25, 0.3) is 0 Å². The number of benzene rings is 1. The second kappa shape index (κ2) is 8.68. The highest BCUT2D eigenvalue weighted by molar-refractivity contribution is 5.58. The van der Waals surface area contributed by atoms with Crippen LogP contribution in [-0.2, 0) is 4.74 Å². The lowest BCUT2D eigenvalue weighted by molar-refractivity contribution is -0.0564. The van der Waals surface area contributed by atoms with E-state index >= 15 is 0 Å². The van der Waals surface area contributed by atoms with Gasteiger partial charge in [-0.25, -0.2) is 0 Å².